The van der Waals surface area contributed by atoms with E-state index in [4.69, 9.17) is 0 Å². The monoisotopic (exact) mass is 483 g/mol. The maximum atomic E-state index is 12.4. The zero-order valence-electron chi connectivity index (χ0n) is 20.4. The van der Waals surface area contributed by atoms with Crippen molar-refractivity contribution in [3.05, 3.63) is 90.0 Å². The Labute approximate surface area is 210 Å². The molecular formula is C27H29N7O2. The Morgan fingerprint density at radius 3 is 2.33 bits per heavy atom. The van der Waals surface area contributed by atoms with Crippen LogP contribution in [0.3, 0.4) is 0 Å². The van der Waals surface area contributed by atoms with Gasteiger partial charge in [-0.2, -0.15) is 4.80 Å². The van der Waals surface area contributed by atoms with E-state index in [1.54, 1.807) is 11.8 Å². The molecule has 0 aliphatic carbocycles. The SMILES string of the molecule is Cc1ccc(NC(=O)CN(C)C(=O)CNc2ccc(CCn3nnc(-c4ccccc4)n3)cc2)cc1. The summed E-state index contributed by atoms with van der Waals surface area (Å²) in [6.07, 6.45) is 0.753. The van der Waals surface area contributed by atoms with Crippen molar-refractivity contribution in [2.75, 3.05) is 30.8 Å². The number of aromatic nitrogens is 4. The molecule has 0 aliphatic heterocycles. The van der Waals surface area contributed by atoms with E-state index in [0.717, 1.165) is 28.8 Å². The molecule has 3 aromatic carbocycles. The van der Waals surface area contributed by atoms with Gasteiger partial charge in [-0.15, -0.1) is 10.2 Å². The van der Waals surface area contributed by atoms with Crippen LogP contribution in [0.5, 0.6) is 0 Å². The highest BCUT2D eigenvalue weighted by molar-refractivity contribution is 5.95. The van der Waals surface area contributed by atoms with Crippen LogP contribution in [0.15, 0.2) is 78.9 Å². The van der Waals surface area contributed by atoms with Gasteiger partial charge in [0.2, 0.25) is 17.6 Å². The number of nitrogens with one attached hydrogen (secondary N) is 2. The molecule has 0 bridgehead atoms. The Bertz CT molecular complexity index is 1290. The number of amides is 2. The highest BCUT2D eigenvalue weighted by Crippen LogP contribution is 2.13. The minimum absolute atomic E-state index is 0.0182. The van der Waals surface area contributed by atoms with Gasteiger partial charge < -0.3 is 15.5 Å². The molecule has 0 aliphatic rings. The number of benzene rings is 3. The molecule has 4 aromatic rings. The van der Waals surface area contributed by atoms with Gasteiger partial charge in [-0.05, 0) is 48.4 Å². The van der Waals surface area contributed by atoms with Crippen molar-refractivity contribution < 1.29 is 9.59 Å². The van der Waals surface area contributed by atoms with Crippen LogP contribution >= 0.6 is 0 Å². The first-order valence-corrected chi connectivity index (χ1v) is 11.7. The van der Waals surface area contributed by atoms with Gasteiger partial charge in [0.05, 0.1) is 19.6 Å². The topological polar surface area (TPSA) is 105 Å². The molecule has 0 unspecified atom stereocenters. The summed E-state index contributed by atoms with van der Waals surface area (Å²) in [5, 5.41) is 18.6. The first-order chi connectivity index (χ1) is 17.5. The van der Waals surface area contributed by atoms with E-state index in [2.05, 4.69) is 26.0 Å². The van der Waals surface area contributed by atoms with E-state index in [9.17, 15) is 9.59 Å². The molecule has 0 spiro atoms. The largest absolute Gasteiger partial charge is 0.376 e. The van der Waals surface area contributed by atoms with E-state index in [-0.39, 0.29) is 24.9 Å². The molecule has 0 saturated carbocycles. The normalized spacial score (nSPS) is 10.6. The second kappa shape index (κ2) is 11.7. The van der Waals surface area contributed by atoms with E-state index in [1.165, 1.54) is 4.90 Å². The molecule has 4 rings (SSSR count). The number of carbonyl (C=O) groups excluding carboxylic acids is 2. The Balaban J connectivity index is 1.20. The summed E-state index contributed by atoms with van der Waals surface area (Å²) in [4.78, 5) is 27.7. The number of anilines is 2. The molecule has 0 atom stereocenters. The molecule has 1 aromatic heterocycles. The van der Waals surface area contributed by atoms with Gasteiger partial charge in [-0.25, -0.2) is 0 Å². The number of likely N-dealkylation sites (N-methyl/N-ethyl adjacent to an activating group) is 1. The molecular weight excluding hydrogens is 454 g/mol. The number of rotatable bonds is 10. The second-order valence-corrected chi connectivity index (χ2v) is 8.54. The first-order valence-electron chi connectivity index (χ1n) is 11.7. The summed E-state index contributed by atoms with van der Waals surface area (Å²) >= 11 is 0. The Kier molecular flexibility index (Phi) is 8.02. The van der Waals surface area contributed by atoms with Crippen molar-refractivity contribution in [2.24, 2.45) is 0 Å². The molecule has 9 heteroatoms. The third kappa shape index (κ3) is 6.99. The molecule has 2 amide bonds. The summed E-state index contributed by atoms with van der Waals surface area (Å²) in [5.41, 5.74) is 4.71. The molecule has 0 fully saturated rings. The van der Waals surface area contributed by atoms with Crippen molar-refractivity contribution in [1.82, 2.24) is 25.1 Å². The Morgan fingerprint density at radius 2 is 1.61 bits per heavy atom. The third-order valence-electron chi connectivity index (χ3n) is 5.62. The molecule has 184 valence electrons. The average molecular weight is 484 g/mol. The highest BCUT2D eigenvalue weighted by atomic mass is 16.2. The number of hydrogen-bond acceptors (Lipinski definition) is 6. The van der Waals surface area contributed by atoms with Gasteiger partial charge >= 0.3 is 0 Å². The van der Waals surface area contributed by atoms with Crippen LogP contribution in [0.2, 0.25) is 0 Å². The van der Waals surface area contributed by atoms with Gasteiger partial charge in [-0.3, -0.25) is 9.59 Å². The zero-order chi connectivity index (χ0) is 25.3. The van der Waals surface area contributed by atoms with Crippen LogP contribution in [0, 0.1) is 6.92 Å². The molecule has 1 heterocycles. The predicted octanol–water partition coefficient (Wildman–Crippen LogP) is 3.40. The summed E-state index contributed by atoms with van der Waals surface area (Å²) in [7, 11) is 1.61. The van der Waals surface area contributed by atoms with Crippen molar-refractivity contribution in [3.63, 3.8) is 0 Å². The summed E-state index contributed by atoms with van der Waals surface area (Å²) in [6, 6.07) is 25.1. The summed E-state index contributed by atoms with van der Waals surface area (Å²) in [6.45, 7) is 2.67. The van der Waals surface area contributed by atoms with Crippen LogP contribution in [0.4, 0.5) is 11.4 Å². The van der Waals surface area contributed by atoms with Crippen LogP contribution in [-0.2, 0) is 22.6 Å². The van der Waals surface area contributed by atoms with Crippen LogP contribution in [0.25, 0.3) is 11.4 Å². The lowest BCUT2D eigenvalue weighted by Gasteiger charge is -2.17. The van der Waals surface area contributed by atoms with Crippen molar-refractivity contribution in [3.8, 4) is 11.4 Å². The Morgan fingerprint density at radius 1 is 0.917 bits per heavy atom. The fourth-order valence-corrected chi connectivity index (χ4v) is 3.51. The van der Waals surface area contributed by atoms with E-state index >= 15 is 0 Å². The lowest BCUT2D eigenvalue weighted by atomic mass is 10.1. The van der Waals surface area contributed by atoms with Gasteiger partial charge in [0.1, 0.15) is 0 Å². The van der Waals surface area contributed by atoms with Gasteiger partial charge in [0.15, 0.2) is 0 Å². The van der Waals surface area contributed by atoms with Crippen molar-refractivity contribution in [2.45, 2.75) is 19.9 Å². The molecule has 0 radical (unpaired) electrons. The van der Waals surface area contributed by atoms with Gasteiger partial charge in [0.25, 0.3) is 0 Å². The van der Waals surface area contributed by atoms with Crippen molar-refractivity contribution in [1.29, 1.82) is 0 Å². The van der Waals surface area contributed by atoms with Gasteiger partial charge in [0, 0.05) is 24.0 Å². The smallest absolute Gasteiger partial charge is 0.243 e. The lowest BCUT2D eigenvalue weighted by molar-refractivity contribution is -0.131. The van der Waals surface area contributed by atoms with E-state index < -0.39 is 0 Å². The molecule has 2 N–H and O–H groups in total. The third-order valence-corrected chi connectivity index (χ3v) is 5.62. The van der Waals surface area contributed by atoms with E-state index in [0.29, 0.717) is 18.1 Å². The number of nitrogens with zero attached hydrogens (tertiary/aromatic N) is 5. The first kappa shape index (κ1) is 24.6. The minimum atomic E-state index is -0.239. The standard InChI is InChI=1S/C27H29N7O2/c1-20-8-12-24(13-9-20)29-25(35)19-33(2)26(36)18-28-23-14-10-21(11-15-23)16-17-34-31-27(30-32-34)22-6-4-3-5-7-22/h3-15,28H,16-19H2,1-2H3,(H,29,35). The fourth-order valence-electron chi connectivity index (χ4n) is 3.51. The van der Waals surface area contributed by atoms with Crippen LogP contribution in [-0.4, -0.2) is 57.1 Å². The Hall–Kier alpha value is -4.53. The predicted molar refractivity (Wildman–Crippen MR) is 139 cm³/mol. The summed E-state index contributed by atoms with van der Waals surface area (Å²) < 4.78 is 0. The van der Waals surface area contributed by atoms with Crippen LogP contribution in [0.1, 0.15) is 11.1 Å². The zero-order valence-corrected chi connectivity index (χ0v) is 20.4. The molecule has 0 saturated heterocycles. The minimum Gasteiger partial charge on any atom is -0.376 e. The van der Waals surface area contributed by atoms with Crippen molar-refractivity contribution >= 4 is 23.2 Å². The molecule has 36 heavy (non-hydrogen) atoms. The maximum absolute atomic E-state index is 12.4. The fraction of sp³-hybridized carbons (Fsp3) is 0.222. The molecule has 9 nitrogen and oxygen atoms in total. The number of aryl methyl sites for hydroxylation is 3. The van der Waals surface area contributed by atoms with Crippen LogP contribution < -0.4 is 10.6 Å². The highest BCUT2D eigenvalue weighted by Gasteiger charge is 2.13. The quantitative estimate of drug-likeness (QED) is 0.358. The maximum Gasteiger partial charge on any atom is 0.243 e. The van der Waals surface area contributed by atoms with Gasteiger partial charge in [-0.1, -0.05) is 60.2 Å². The number of hydrogen-bond donors (Lipinski definition) is 2. The second-order valence-electron chi connectivity index (χ2n) is 8.54. The lowest BCUT2D eigenvalue weighted by Crippen LogP contribution is -2.38. The number of tetrazole rings is 1. The summed E-state index contributed by atoms with van der Waals surface area (Å²) in [5.74, 6) is 0.193. The average Bonchev–Trinajstić information content (AvgIpc) is 3.37. The van der Waals surface area contributed by atoms with E-state index in [1.807, 2.05) is 85.8 Å². The number of carbonyl (C=O) groups is 2.